The summed E-state index contributed by atoms with van der Waals surface area (Å²) in [4.78, 5) is 25.5. The fourth-order valence-electron chi connectivity index (χ4n) is 2.61. The minimum Gasteiger partial charge on any atom is -0.465 e. The van der Waals surface area contributed by atoms with Gasteiger partial charge in [0, 0.05) is 15.6 Å². The van der Waals surface area contributed by atoms with Crippen molar-refractivity contribution in [3.63, 3.8) is 0 Å². The first-order valence-electron chi connectivity index (χ1n) is 8.93. The summed E-state index contributed by atoms with van der Waals surface area (Å²) in [6.45, 7) is 6.44. The molecule has 1 N–H and O–H groups in total. The number of halogens is 1. The Labute approximate surface area is 179 Å². The Kier molecular flexibility index (Phi) is 6.13. The number of hydrogen-bond donors (Lipinski definition) is 1. The Morgan fingerprint density at radius 1 is 1.14 bits per heavy atom. The molecule has 0 radical (unpaired) electrons. The third-order valence-corrected chi connectivity index (χ3v) is 6.55. The number of esters is 1. The number of hydrogen-bond acceptors (Lipinski definition) is 4. The molecule has 0 aliphatic carbocycles. The zero-order valence-corrected chi connectivity index (χ0v) is 19.1. The highest BCUT2D eigenvalue weighted by Gasteiger charge is 2.20. The van der Waals surface area contributed by atoms with Gasteiger partial charge in [0.2, 0.25) is 0 Å². The summed E-state index contributed by atoms with van der Waals surface area (Å²) in [5.41, 5.74) is 4.61. The second kappa shape index (κ2) is 8.42. The van der Waals surface area contributed by atoms with E-state index in [9.17, 15) is 9.59 Å². The molecule has 148 valence electrons. The molecule has 0 atom stereocenters. The third kappa shape index (κ3) is 4.88. The van der Waals surface area contributed by atoms with E-state index in [4.69, 9.17) is 16.3 Å². The second-order valence-corrected chi connectivity index (χ2v) is 13.6. The Balaban J connectivity index is 2.00. The first kappa shape index (κ1) is 21.1. The molecule has 0 spiro atoms. The van der Waals surface area contributed by atoms with E-state index in [1.54, 1.807) is 18.2 Å². The van der Waals surface area contributed by atoms with E-state index >= 15 is 0 Å². The molecule has 4 nitrogen and oxygen atoms in total. The number of thiophene rings is 1. The van der Waals surface area contributed by atoms with Crippen LogP contribution in [-0.2, 0) is 4.74 Å². The van der Waals surface area contributed by atoms with Gasteiger partial charge in [0.15, 0.2) is 0 Å². The molecule has 1 amide bonds. The number of benzene rings is 2. The SMILES string of the molecule is COC(=O)c1ccc(C#C[Si](C)(C)C)cc1NC(=O)c1sc2ccccc2c1Cl. The average molecular weight is 442 g/mol. The van der Waals surface area contributed by atoms with Crippen molar-refractivity contribution in [2.24, 2.45) is 0 Å². The van der Waals surface area contributed by atoms with Gasteiger partial charge in [-0.15, -0.1) is 16.9 Å². The Morgan fingerprint density at radius 3 is 2.52 bits per heavy atom. The monoisotopic (exact) mass is 441 g/mol. The van der Waals surface area contributed by atoms with Gasteiger partial charge >= 0.3 is 5.97 Å². The Hall–Kier alpha value is -2.59. The number of carbonyl (C=O) groups excluding carboxylic acids is 2. The molecule has 3 aromatic rings. The van der Waals surface area contributed by atoms with Gasteiger partial charge in [0.1, 0.15) is 13.0 Å². The first-order valence-corrected chi connectivity index (χ1v) is 13.6. The predicted octanol–water partition coefficient (Wildman–Crippen LogP) is 5.82. The second-order valence-electron chi connectivity index (χ2n) is 7.45. The topological polar surface area (TPSA) is 55.4 Å². The lowest BCUT2D eigenvalue weighted by atomic mass is 10.1. The maximum Gasteiger partial charge on any atom is 0.339 e. The number of nitrogens with one attached hydrogen (secondary N) is 1. The quantitative estimate of drug-likeness (QED) is 0.316. The molecule has 0 aliphatic heterocycles. The van der Waals surface area contributed by atoms with Gasteiger partial charge in [-0.2, -0.15) is 0 Å². The van der Waals surface area contributed by atoms with E-state index in [-0.39, 0.29) is 11.5 Å². The van der Waals surface area contributed by atoms with Crippen molar-refractivity contribution in [1.29, 1.82) is 0 Å². The standard InChI is InChI=1S/C22H20ClNO3SSi/c1-27-22(26)15-10-9-14(11-12-29(2,3)4)13-17(15)24-21(25)20-19(23)16-7-5-6-8-18(16)28-20/h5-10,13H,1-4H3,(H,24,25). The van der Waals surface area contributed by atoms with Crippen molar-refractivity contribution < 1.29 is 14.3 Å². The summed E-state index contributed by atoms with van der Waals surface area (Å²) < 4.78 is 5.77. The zero-order chi connectivity index (χ0) is 21.2. The summed E-state index contributed by atoms with van der Waals surface area (Å²) in [6.07, 6.45) is 0. The molecule has 29 heavy (non-hydrogen) atoms. The van der Waals surface area contributed by atoms with Crippen LogP contribution in [0.5, 0.6) is 0 Å². The van der Waals surface area contributed by atoms with Gasteiger partial charge in [-0.1, -0.05) is 55.4 Å². The number of carbonyl (C=O) groups is 2. The molecule has 7 heteroatoms. The molecular weight excluding hydrogens is 422 g/mol. The average Bonchev–Trinajstić information content (AvgIpc) is 3.02. The summed E-state index contributed by atoms with van der Waals surface area (Å²) in [7, 11) is -0.265. The number of methoxy groups -OCH3 is 1. The number of anilines is 1. The van der Waals surface area contributed by atoms with Crippen LogP contribution in [0.2, 0.25) is 24.7 Å². The highest BCUT2D eigenvalue weighted by Crippen LogP contribution is 2.35. The highest BCUT2D eigenvalue weighted by molar-refractivity contribution is 7.21. The van der Waals surface area contributed by atoms with E-state index in [0.717, 1.165) is 15.6 Å². The summed E-state index contributed by atoms with van der Waals surface area (Å²) in [5, 5.41) is 4.04. The Bertz CT molecular complexity index is 1170. The van der Waals surface area contributed by atoms with Crippen molar-refractivity contribution in [3.05, 3.63) is 63.5 Å². The van der Waals surface area contributed by atoms with Gasteiger partial charge in [-0.3, -0.25) is 4.79 Å². The Morgan fingerprint density at radius 2 is 1.86 bits per heavy atom. The number of ether oxygens (including phenoxy) is 1. The molecule has 0 saturated heterocycles. The van der Waals surface area contributed by atoms with Crippen molar-refractivity contribution in [2.45, 2.75) is 19.6 Å². The molecular formula is C22H20ClNO3SSi. The largest absolute Gasteiger partial charge is 0.465 e. The van der Waals surface area contributed by atoms with Crippen molar-refractivity contribution in [3.8, 4) is 11.5 Å². The molecule has 0 fully saturated rings. The minimum absolute atomic E-state index is 0.261. The van der Waals surface area contributed by atoms with E-state index < -0.39 is 14.0 Å². The zero-order valence-electron chi connectivity index (χ0n) is 16.6. The molecule has 0 saturated carbocycles. The fourth-order valence-corrected chi connectivity index (χ4v) is 4.54. The van der Waals surface area contributed by atoms with Gasteiger partial charge < -0.3 is 10.1 Å². The molecule has 3 rings (SSSR count). The lowest BCUT2D eigenvalue weighted by Gasteiger charge is -2.10. The maximum atomic E-state index is 12.9. The van der Waals surface area contributed by atoms with Crippen LogP contribution in [0.15, 0.2) is 42.5 Å². The molecule has 0 unspecified atom stereocenters. The van der Waals surface area contributed by atoms with E-state index in [0.29, 0.717) is 15.6 Å². The molecule has 0 aliphatic rings. The minimum atomic E-state index is -1.57. The first-order chi connectivity index (χ1) is 13.7. The van der Waals surface area contributed by atoms with Crippen LogP contribution in [0.3, 0.4) is 0 Å². The molecule has 1 heterocycles. The normalized spacial score (nSPS) is 10.9. The lowest BCUT2D eigenvalue weighted by molar-refractivity contribution is 0.0602. The summed E-state index contributed by atoms with van der Waals surface area (Å²) in [5.74, 6) is 2.23. The number of fused-ring (bicyclic) bond motifs is 1. The fraction of sp³-hybridized carbons (Fsp3) is 0.182. The van der Waals surface area contributed by atoms with Gasteiger partial charge in [0.25, 0.3) is 5.91 Å². The van der Waals surface area contributed by atoms with E-state index in [1.807, 2.05) is 24.3 Å². The maximum absolute atomic E-state index is 12.9. The molecule has 1 aromatic heterocycles. The van der Waals surface area contributed by atoms with Gasteiger partial charge in [0.05, 0.1) is 23.4 Å². The number of rotatable bonds is 3. The van der Waals surface area contributed by atoms with Crippen LogP contribution < -0.4 is 5.32 Å². The van der Waals surface area contributed by atoms with Crippen LogP contribution in [-0.4, -0.2) is 27.1 Å². The smallest absolute Gasteiger partial charge is 0.339 e. The number of amides is 1. The highest BCUT2D eigenvalue weighted by atomic mass is 35.5. The van der Waals surface area contributed by atoms with Crippen LogP contribution in [0.1, 0.15) is 25.6 Å². The van der Waals surface area contributed by atoms with Gasteiger partial charge in [-0.05, 0) is 24.3 Å². The summed E-state index contributed by atoms with van der Waals surface area (Å²) in [6, 6.07) is 12.6. The van der Waals surface area contributed by atoms with Crippen LogP contribution in [0.4, 0.5) is 5.69 Å². The van der Waals surface area contributed by atoms with E-state index in [2.05, 4.69) is 36.4 Å². The third-order valence-electron chi connectivity index (χ3n) is 4.00. The van der Waals surface area contributed by atoms with Crippen LogP contribution in [0, 0.1) is 11.5 Å². The van der Waals surface area contributed by atoms with E-state index in [1.165, 1.54) is 18.4 Å². The van der Waals surface area contributed by atoms with Gasteiger partial charge in [-0.25, -0.2) is 4.79 Å². The predicted molar refractivity (Wildman–Crippen MR) is 123 cm³/mol. The van der Waals surface area contributed by atoms with Crippen molar-refractivity contribution >= 4 is 58.7 Å². The van der Waals surface area contributed by atoms with Crippen LogP contribution >= 0.6 is 22.9 Å². The van der Waals surface area contributed by atoms with Crippen molar-refractivity contribution in [2.75, 3.05) is 12.4 Å². The van der Waals surface area contributed by atoms with Crippen LogP contribution in [0.25, 0.3) is 10.1 Å². The lowest BCUT2D eigenvalue weighted by Crippen LogP contribution is -2.16. The molecule has 0 bridgehead atoms. The summed E-state index contributed by atoms with van der Waals surface area (Å²) >= 11 is 7.73. The molecule has 2 aromatic carbocycles. The van der Waals surface area contributed by atoms with Crippen molar-refractivity contribution in [1.82, 2.24) is 0 Å².